The maximum atomic E-state index is 9.74. The lowest BCUT2D eigenvalue weighted by molar-refractivity contribution is 0.0171. The second-order valence-corrected chi connectivity index (χ2v) is 5.31. The van der Waals surface area contributed by atoms with E-state index in [1.807, 2.05) is 13.8 Å². The average molecular weight is 200 g/mol. The Balaban J connectivity index is 2.40. The highest BCUT2D eigenvalue weighted by molar-refractivity contribution is 4.81. The Kier molecular flexibility index (Phi) is 3.93. The second-order valence-electron chi connectivity index (χ2n) is 5.31. The van der Waals surface area contributed by atoms with Gasteiger partial charge in [0.15, 0.2) is 0 Å². The number of hydrogen-bond donors (Lipinski definition) is 1. The molecule has 1 aliphatic heterocycles. The van der Waals surface area contributed by atoms with Gasteiger partial charge in [0.05, 0.1) is 5.60 Å². The van der Waals surface area contributed by atoms with Crippen LogP contribution in [-0.4, -0.2) is 60.3 Å². The topological polar surface area (TPSA) is 26.7 Å². The number of aliphatic hydroxyl groups is 1. The van der Waals surface area contributed by atoms with Crippen molar-refractivity contribution >= 4 is 0 Å². The van der Waals surface area contributed by atoms with Crippen LogP contribution < -0.4 is 0 Å². The highest BCUT2D eigenvalue weighted by atomic mass is 16.3. The molecule has 1 aliphatic rings. The number of β-amino-alcohol motifs (C(OH)–C–C–N with tert-alkyl or cyclic N) is 1. The summed E-state index contributed by atoms with van der Waals surface area (Å²) in [5, 5.41) is 9.74. The molecule has 0 radical (unpaired) electrons. The molecule has 0 aromatic rings. The standard InChI is InChI=1S/C11H24N2O/c1-11(2,14)9-13-7-5-6-10(8-13)12(3)4/h10,14H,5-9H2,1-4H3. The Morgan fingerprint density at radius 2 is 2.07 bits per heavy atom. The van der Waals surface area contributed by atoms with Crippen LogP contribution in [0.2, 0.25) is 0 Å². The zero-order valence-corrected chi connectivity index (χ0v) is 9.95. The van der Waals surface area contributed by atoms with E-state index in [1.165, 1.54) is 12.8 Å². The van der Waals surface area contributed by atoms with Crippen LogP contribution in [0.4, 0.5) is 0 Å². The van der Waals surface area contributed by atoms with Crippen molar-refractivity contribution in [3.05, 3.63) is 0 Å². The summed E-state index contributed by atoms with van der Waals surface area (Å²) in [6.45, 7) is 6.78. The highest BCUT2D eigenvalue weighted by Gasteiger charge is 2.25. The summed E-state index contributed by atoms with van der Waals surface area (Å²) >= 11 is 0. The fourth-order valence-corrected chi connectivity index (χ4v) is 2.14. The number of likely N-dealkylation sites (tertiary alicyclic amines) is 1. The van der Waals surface area contributed by atoms with Crippen LogP contribution in [0.25, 0.3) is 0 Å². The van der Waals surface area contributed by atoms with Crippen molar-refractivity contribution < 1.29 is 5.11 Å². The third kappa shape index (κ3) is 3.95. The summed E-state index contributed by atoms with van der Waals surface area (Å²) < 4.78 is 0. The summed E-state index contributed by atoms with van der Waals surface area (Å²) in [7, 11) is 4.27. The molecule has 0 aliphatic carbocycles. The molecule has 3 nitrogen and oxygen atoms in total. The smallest absolute Gasteiger partial charge is 0.0718 e. The lowest BCUT2D eigenvalue weighted by atomic mass is 10.0. The number of likely N-dealkylation sites (N-methyl/N-ethyl adjacent to an activating group) is 1. The molecule has 0 saturated carbocycles. The minimum Gasteiger partial charge on any atom is -0.389 e. The Morgan fingerprint density at radius 3 is 2.57 bits per heavy atom. The van der Waals surface area contributed by atoms with Crippen molar-refractivity contribution in [2.45, 2.75) is 38.3 Å². The maximum Gasteiger partial charge on any atom is 0.0718 e. The molecule has 0 aromatic carbocycles. The van der Waals surface area contributed by atoms with Gasteiger partial charge >= 0.3 is 0 Å². The fourth-order valence-electron chi connectivity index (χ4n) is 2.14. The van der Waals surface area contributed by atoms with Gasteiger partial charge in [0.2, 0.25) is 0 Å². The van der Waals surface area contributed by atoms with E-state index in [4.69, 9.17) is 0 Å². The second kappa shape index (κ2) is 4.60. The van der Waals surface area contributed by atoms with E-state index in [1.54, 1.807) is 0 Å². The van der Waals surface area contributed by atoms with E-state index in [-0.39, 0.29) is 0 Å². The van der Waals surface area contributed by atoms with E-state index in [9.17, 15) is 5.11 Å². The number of rotatable bonds is 3. The van der Waals surface area contributed by atoms with Gasteiger partial charge in [-0.25, -0.2) is 0 Å². The summed E-state index contributed by atoms with van der Waals surface area (Å²) in [6, 6.07) is 0.658. The minimum absolute atomic E-state index is 0.561. The summed E-state index contributed by atoms with van der Waals surface area (Å²) in [5.41, 5.74) is -0.561. The predicted octanol–water partition coefficient (Wildman–Crippen LogP) is 0.783. The predicted molar refractivity (Wildman–Crippen MR) is 59.4 cm³/mol. The van der Waals surface area contributed by atoms with Crippen LogP contribution in [0, 0.1) is 0 Å². The quantitative estimate of drug-likeness (QED) is 0.729. The molecule has 1 fully saturated rings. The normalized spacial score (nSPS) is 25.7. The van der Waals surface area contributed by atoms with Gasteiger partial charge in [0, 0.05) is 19.1 Å². The molecule has 1 N–H and O–H groups in total. The lowest BCUT2D eigenvalue weighted by Crippen LogP contribution is -2.49. The third-order valence-electron chi connectivity index (χ3n) is 2.82. The summed E-state index contributed by atoms with van der Waals surface area (Å²) in [5.74, 6) is 0. The van der Waals surface area contributed by atoms with Crippen LogP contribution in [0.15, 0.2) is 0 Å². The van der Waals surface area contributed by atoms with Crippen LogP contribution in [0.5, 0.6) is 0 Å². The minimum atomic E-state index is -0.561. The maximum absolute atomic E-state index is 9.74. The summed E-state index contributed by atoms with van der Waals surface area (Å²) in [6.07, 6.45) is 2.54. The Hall–Kier alpha value is -0.120. The van der Waals surface area contributed by atoms with Crippen LogP contribution in [-0.2, 0) is 0 Å². The lowest BCUT2D eigenvalue weighted by Gasteiger charge is -2.38. The first-order valence-corrected chi connectivity index (χ1v) is 5.49. The first-order valence-electron chi connectivity index (χ1n) is 5.49. The zero-order chi connectivity index (χ0) is 10.8. The van der Waals surface area contributed by atoms with Gasteiger partial charge in [-0.2, -0.15) is 0 Å². The first kappa shape index (κ1) is 12.0. The van der Waals surface area contributed by atoms with Gasteiger partial charge in [0.1, 0.15) is 0 Å². The van der Waals surface area contributed by atoms with E-state index in [2.05, 4.69) is 23.9 Å². The van der Waals surface area contributed by atoms with E-state index >= 15 is 0 Å². The number of nitrogens with zero attached hydrogens (tertiary/aromatic N) is 2. The molecule has 14 heavy (non-hydrogen) atoms. The molecule has 0 amide bonds. The monoisotopic (exact) mass is 200 g/mol. The van der Waals surface area contributed by atoms with Gasteiger partial charge in [0.25, 0.3) is 0 Å². The van der Waals surface area contributed by atoms with Crippen molar-refractivity contribution in [2.75, 3.05) is 33.7 Å². The van der Waals surface area contributed by atoms with E-state index in [0.29, 0.717) is 6.04 Å². The van der Waals surface area contributed by atoms with Gasteiger partial charge in [-0.3, -0.25) is 4.90 Å². The molecular formula is C11H24N2O. The molecule has 1 saturated heterocycles. The van der Waals surface area contributed by atoms with Crippen LogP contribution >= 0.6 is 0 Å². The zero-order valence-electron chi connectivity index (χ0n) is 9.95. The molecule has 1 heterocycles. The molecular weight excluding hydrogens is 176 g/mol. The molecule has 3 heteroatoms. The Labute approximate surface area is 87.7 Å². The van der Waals surface area contributed by atoms with E-state index < -0.39 is 5.60 Å². The molecule has 1 rings (SSSR count). The van der Waals surface area contributed by atoms with Crippen molar-refractivity contribution in [1.82, 2.24) is 9.80 Å². The highest BCUT2D eigenvalue weighted by Crippen LogP contribution is 2.16. The largest absolute Gasteiger partial charge is 0.389 e. The van der Waals surface area contributed by atoms with Crippen LogP contribution in [0.3, 0.4) is 0 Å². The number of hydrogen-bond acceptors (Lipinski definition) is 3. The van der Waals surface area contributed by atoms with Gasteiger partial charge in [-0.15, -0.1) is 0 Å². The van der Waals surface area contributed by atoms with Crippen LogP contribution in [0.1, 0.15) is 26.7 Å². The van der Waals surface area contributed by atoms with Crippen molar-refractivity contribution in [3.63, 3.8) is 0 Å². The molecule has 0 spiro atoms. The van der Waals surface area contributed by atoms with Gasteiger partial charge in [-0.05, 0) is 47.3 Å². The third-order valence-corrected chi connectivity index (χ3v) is 2.82. The van der Waals surface area contributed by atoms with Gasteiger partial charge in [-0.1, -0.05) is 0 Å². The van der Waals surface area contributed by atoms with Crippen molar-refractivity contribution in [2.24, 2.45) is 0 Å². The number of piperidine rings is 1. The van der Waals surface area contributed by atoms with E-state index in [0.717, 1.165) is 19.6 Å². The average Bonchev–Trinajstić information content (AvgIpc) is 2.01. The SMILES string of the molecule is CN(C)C1CCCN(CC(C)(C)O)C1. The molecule has 1 atom stereocenters. The first-order chi connectivity index (χ1) is 6.38. The van der Waals surface area contributed by atoms with Crippen molar-refractivity contribution in [1.29, 1.82) is 0 Å². The van der Waals surface area contributed by atoms with Gasteiger partial charge < -0.3 is 10.0 Å². The summed E-state index contributed by atoms with van der Waals surface area (Å²) in [4.78, 5) is 4.66. The Bertz CT molecular complexity index is 175. The molecule has 84 valence electrons. The Morgan fingerprint density at radius 1 is 1.43 bits per heavy atom. The fraction of sp³-hybridized carbons (Fsp3) is 1.00. The molecule has 0 bridgehead atoms. The molecule has 1 unspecified atom stereocenters. The van der Waals surface area contributed by atoms with Crippen molar-refractivity contribution in [3.8, 4) is 0 Å². The molecule has 0 aromatic heterocycles.